The maximum atomic E-state index is 12.3. The van der Waals surface area contributed by atoms with Crippen LogP contribution in [0.5, 0.6) is 0 Å². The number of nitrogens with two attached hydrogens (primary N) is 3. The molecular weight excluding hydrogens is 802 g/mol. The molecule has 20 N–H and O–H groups in total. The van der Waals surface area contributed by atoms with Crippen LogP contribution in [0.1, 0.15) is 0 Å². The number of ether oxygens (including phenoxy) is 9. The zero-order chi connectivity index (χ0) is 43.1. The third-order valence-electron chi connectivity index (χ3n) is 10.5. The molecular formula is C30H51N3O25. The van der Waals surface area contributed by atoms with Crippen LogP contribution in [-0.4, -0.2) is 257 Å². The van der Waals surface area contributed by atoms with Gasteiger partial charge in [0.15, 0.2) is 43.7 Å². The van der Waals surface area contributed by atoms with Crippen molar-refractivity contribution in [3.63, 3.8) is 0 Å². The highest BCUT2D eigenvalue weighted by Crippen LogP contribution is 2.35. The van der Waals surface area contributed by atoms with Crippen molar-refractivity contribution < 1.29 is 124 Å². The zero-order valence-corrected chi connectivity index (χ0v) is 30.0. The van der Waals surface area contributed by atoms with Gasteiger partial charge in [-0.25, -0.2) is 9.59 Å². The third kappa shape index (κ3) is 9.25. The van der Waals surface area contributed by atoms with Gasteiger partial charge in [-0.3, -0.25) is 0 Å². The van der Waals surface area contributed by atoms with Gasteiger partial charge in [0.1, 0.15) is 91.6 Å². The van der Waals surface area contributed by atoms with Crippen LogP contribution in [0.25, 0.3) is 0 Å². The molecule has 58 heavy (non-hydrogen) atoms. The Kier molecular flexibility index (Phi) is 15.7. The smallest absolute Gasteiger partial charge is 0.335 e. The molecule has 1 unspecified atom stereocenters. The van der Waals surface area contributed by atoms with Gasteiger partial charge in [0.2, 0.25) is 0 Å². The average molecular weight is 854 g/mol. The SMILES string of the molecule is N[C@H]1[C@@H](O[C@H]2[C@H](O)[C@@H](O)[C@H](O[C@H]3[C@H](O)[C@@H](N)[C@@H](O[C@H]4[C@H](O)[C@@H](O)[C@H](O[C@H]5[C@H](O)[C@@H](N)C(O)O[C@@H]5CO)O[C@@H]4C(=O)O)O[C@@H]3CO)O[C@@H]2C(=O)O)O[C@H](CO)[C@@H](O)[C@@H]1O. The minimum atomic E-state index is -2.21. The van der Waals surface area contributed by atoms with Crippen LogP contribution in [-0.2, 0) is 52.2 Å². The molecule has 0 bridgehead atoms. The highest BCUT2D eigenvalue weighted by molar-refractivity contribution is 5.74. The van der Waals surface area contributed by atoms with Crippen LogP contribution in [0.2, 0.25) is 0 Å². The number of hydrogen-bond donors (Lipinski definition) is 17. The summed E-state index contributed by atoms with van der Waals surface area (Å²) < 4.78 is 48.8. The average Bonchev–Trinajstić information content (AvgIpc) is 3.19. The highest BCUT2D eigenvalue weighted by Gasteiger charge is 2.57. The molecule has 0 aliphatic carbocycles. The fourth-order valence-corrected chi connectivity index (χ4v) is 7.09. The molecule has 5 heterocycles. The molecule has 336 valence electrons. The number of carboxylic acid groups (broad SMARTS) is 2. The minimum absolute atomic E-state index is 0.828. The van der Waals surface area contributed by atoms with Gasteiger partial charge in [-0.05, 0) is 0 Å². The van der Waals surface area contributed by atoms with Gasteiger partial charge >= 0.3 is 11.9 Å². The Morgan fingerprint density at radius 2 is 0.776 bits per heavy atom. The summed E-state index contributed by atoms with van der Waals surface area (Å²) in [6, 6.07) is -4.81. The molecule has 5 rings (SSSR count). The molecule has 28 heteroatoms. The molecule has 5 saturated heterocycles. The van der Waals surface area contributed by atoms with Gasteiger partial charge in [-0.1, -0.05) is 0 Å². The van der Waals surface area contributed by atoms with Crippen molar-refractivity contribution in [1.82, 2.24) is 0 Å². The normalized spacial score (nSPS) is 51.6. The fraction of sp³-hybridized carbons (Fsp3) is 0.933. The molecule has 0 radical (unpaired) electrons. The van der Waals surface area contributed by atoms with Crippen molar-refractivity contribution in [3.05, 3.63) is 0 Å². The van der Waals surface area contributed by atoms with Crippen LogP contribution in [0.3, 0.4) is 0 Å². The van der Waals surface area contributed by atoms with E-state index in [2.05, 4.69) is 0 Å². The van der Waals surface area contributed by atoms with E-state index in [1.165, 1.54) is 0 Å². The lowest BCUT2D eigenvalue weighted by Gasteiger charge is -2.49. The maximum Gasteiger partial charge on any atom is 0.335 e. The Balaban J connectivity index is 1.26. The van der Waals surface area contributed by atoms with E-state index in [9.17, 15) is 81.1 Å². The molecule has 28 nitrogen and oxygen atoms in total. The molecule has 0 spiro atoms. The summed E-state index contributed by atoms with van der Waals surface area (Å²) in [6.45, 7) is -2.71. The summed E-state index contributed by atoms with van der Waals surface area (Å²) in [5.74, 6) is -3.61. The Labute approximate surface area is 326 Å². The standard InChI is InChI=1S/C30H51N3O25/c31-7-12(39)18(5(2-35)50-26(7)49)53-29-16(43)15(42)21(23(57-29)25(47)48)56-28-9(33)13(40)19(6(3-36)52-28)54-30-17(44)14(41)20(22(58-30)24(45)46)55-27-8(32)11(38)10(37)4(1-34)51-27/h4-23,26-30,34-44,49H,1-3,31-33H2,(H,45,46)(H,47,48)/t4-,5-,6-,7-,8-,9-,10-,11-,12-,13-,14-,15-,16-,17-,18-,19-,20+,21+,22+,23+,26?,27-,28-,29-,30-/m1/s1. The van der Waals surface area contributed by atoms with Crippen LogP contribution in [0.15, 0.2) is 0 Å². The number of aliphatic hydroxyl groups is 12. The molecule has 0 aromatic carbocycles. The first kappa shape index (κ1) is 47.0. The predicted octanol–water partition coefficient (Wildman–Crippen LogP) is -11.8. The molecule has 0 amide bonds. The second-order valence-corrected chi connectivity index (χ2v) is 14.3. The summed E-state index contributed by atoms with van der Waals surface area (Å²) in [5.41, 5.74) is 17.7. The molecule has 5 aliphatic rings. The van der Waals surface area contributed by atoms with Crippen LogP contribution in [0.4, 0.5) is 0 Å². The van der Waals surface area contributed by atoms with Crippen molar-refractivity contribution in [1.29, 1.82) is 0 Å². The first-order chi connectivity index (χ1) is 27.3. The Bertz CT molecular complexity index is 1370. The lowest BCUT2D eigenvalue weighted by molar-refractivity contribution is -0.374. The van der Waals surface area contributed by atoms with E-state index < -0.39 is 185 Å². The monoisotopic (exact) mass is 853 g/mol. The van der Waals surface area contributed by atoms with E-state index in [-0.39, 0.29) is 0 Å². The number of carbonyl (C=O) groups is 2. The maximum absolute atomic E-state index is 12.3. The largest absolute Gasteiger partial charge is 0.479 e. The first-order valence-electron chi connectivity index (χ1n) is 17.8. The Morgan fingerprint density at radius 1 is 0.414 bits per heavy atom. The van der Waals surface area contributed by atoms with Gasteiger partial charge in [0, 0.05) is 0 Å². The van der Waals surface area contributed by atoms with Crippen molar-refractivity contribution >= 4 is 11.9 Å². The highest BCUT2D eigenvalue weighted by atomic mass is 16.8. The van der Waals surface area contributed by atoms with E-state index in [0.29, 0.717) is 0 Å². The zero-order valence-electron chi connectivity index (χ0n) is 30.0. The van der Waals surface area contributed by atoms with Crippen molar-refractivity contribution in [2.75, 3.05) is 19.8 Å². The van der Waals surface area contributed by atoms with E-state index in [0.717, 1.165) is 0 Å². The lowest BCUT2D eigenvalue weighted by atomic mass is 9.94. The number of carboxylic acids is 2. The van der Waals surface area contributed by atoms with E-state index in [1.54, 1.807) is 0 Å². The van der Waals surface area contributed by atoms with Crippen molar-refractivity contribution in [3.8, 4) is 0 Å². The molecule has 0 aromatic rings. The Morgan fingerprint density at radius 3 is 1.19 bits per heavy atom. The summed E-state index contributed by atoms with van der Waals surface area (Å²) in [6.07, 6.45) is -42.1. The number of aliphatic carboxylic acids is 2. The fourth-order valence-electron chi connectivity index (χ4n) is 7.09. The van der Waals surface area contributed by atoms with E-state index >= 15 is 0 Å². The first-order valence-corrected chi connectivity index (χ1v) is 17.8. The number of hydrogen-bond acceptors (Lipinski definition) is 26. The quantitative estimate of drug-likeness (QED) is 0.0818. The summed E-state index contributed by atoms with van der Waals surface area (Å²) in [7, 11) is 0. The minimum Gasteiger partial charge on any atom is -0.479 e. The second-order valence-electron chi connectivity index (χ2n) is 14.3. The molecule has 0 aromatic heterocycles. The third-order valence-corrected chi connectivity index (χ3v) is 10.5. The van der Waals surface area contributed by atoms with Crippen LogP contribution >= 0.6 is 0 Å². The van der Waals surface area contributed by atoms with E-state index in [4.69, 9.17) is 59.8 Å². The Hall–Kier alpha value is -2.02. The van der Waals surface area contributed by atoms with Crippen molar-refractivity contribution in [2.45, 2.75) is 153 Å². The lowest BCUT2D eigenvalue weighted by Crippen LogP contribution is -2.70. The summed E-state index contributed by atoms with van der Waals surface area (Å²) in [4.78, 5) is 24.6. The van der Waals surface area contributed by atoms with Gasteiger partial charge in [0.05, 0.1) is 37.9 Å². The number of rotatable bonds is 13. The predicted molar refractivity (Wildman–Crippen MR) is 174 cm³/mol. The molecule has 0 saturated carbocycles. The molecule has 5 aliphatic heterocycles. The molecule has 5 fully saturated rings. The molecule has 25 atom stereocenters. The summed E-state index contributed by atoms with van der Waals surface area (Å²) >= 11 is 0. The summed E-state index contributed by atoms with van der Waals surface area (Å²) in [5, 5.41) is 145. The van der Waals surface area contributed by atoms with Gasteiger partial charge in [-0.15, -0.1) is 0 Å². The van der Waals surface area contributed by atoms with Crippen LogP contribution in [0, 0.1) is 0 Å². The van der Waals surface area contributed by atoms with Gasteiger partial charge < -0.3 is 131 Å². The van der Waals surface area contributed by atoms with Gasteiger partial charge in [0.25, 0.3) is 0 Å². The second kappa shape index (κ2) is 19.4. The van der Waals surface area contributed by atoms with Crippen LogP contribution < -0.4 is 17.2 Å². The van der Waals surface area contributed by atoms with Crippen molar-refractivity contribution in [2.24, 2.45) is 17.2 Å². The van der Waals surface area contributed by atoms with Gasteiger partial charge in [-0.2, -0.15) is 0 Å². The van der Waals surface area contributed by atoms with E-state index in [1.807, 2.05) is 0 Å². The number of aliphatic hydroxyl groups excluding tert-OH is 12. The topological polar surface area (TPSA) is 478 Å².